The number of ether oxygens (including phenoxy) is 4. The van der Waals surface area contributed by atoms with Gasteiger partial charge in [-0.05, 0) is 61.9 Å². The number of halogens is 2. The van der Waals surface area contributed by atoms with E-state index in [-0.39, 0.29) is 35.6 Å². The molecular formula is C22H19BrClNO6. The van der Waals surface area contributed by atoms with Crippen LogP contribution in [0.4, 0.5) is 0 Å². The summed E-state index contributed by atoms with van der Waals surface area (Å²) >= 11 is 9.71. The second-order valence-electron chi connectivity index (χ2n) is 6.20. The quantitative estimate of drug-likeness (QED) is 0.377. The van der Waals surface area contributed by atoms with Gasteiger partial charge in [-0.25, -0.2) is 14.6 Å². The fraction of sp³-hybridized carbons (Fsp3) is 0.227. The summed E-state index contributed by atoms with van der Waals surface area (Å²) < 4.78 is 22.1. The summed E-state index contributed by atoms with van der Waals surface area (Å²) in [6, 6.07) is 10.5. The minimum absolute atomic E-state index is 0.122. The highest BCUT2D eigenvalue weighted by Crippen LogP contribution is 2.37. The summed E-state index contributed by atoms with van der Waals surface area (Å²) in [5.41, 5.74) is 1.36. The first-order chi connectivity index (χ1) is 14.9. The molecule has 2 aromatic carbocycles. The molecule has 162 valence electrons. The van der Waals surface area contributed by atoms with Gasteiger partial charge in [0.25, 0.3) is 0 Å². The minimum Gasteiger partial charge on any atom is -0.490 e. The Labute approximate surface area is 192 Å². The number of cyclic esters (lactones) is 1. The number of esters is 2. The number of hydrogen-bond acceptors (Lipinski definition) is 7. The van der Waals surface area contributed by atoms with Crippen molar-refractivity contribution >= 4 is 51.4 Å². The molecule has 0 radical (unpaired) electrons. The molecule has 0 unspecified atom stereocenters. The standard InChI is InChI=1S/C22H19BrClNO6/c1-3-28-18-11-13(9-16(24)20(18)30-12-19(26)29-4-2)10-17-22(27)31-21(25-17)14-5-7-15(23)8-6-14/h5-11H,3-4,12H2,1-2H3/b17-10-. The Balaban J connectivity index is 1.88. The van der Waals surface area contributed by atoms with Crippen LogP contribution >= 0.6 is 27.5 Å². The largest absolute Gasteiger partial charge is 0.490 e. The third-order valence-corrected chi connectivity index (χ3v) is 4.80. The lowest BCUT2D eigenvalue weighted by Gasteiger charge is -2.14. The van der Waals surface area contributed by atoms with E-state index >= 15 is 0 Å². The lowest BCUT2D eigenvalue weighted by molar-refractivity contribution is -0.145. The van der Waals surface area contributed by atoms with Crippen LogP contribution in [0.15, 0.2) is 51.6 Å². The minimum atomic E-state index is -0.574. The molecule has 0 bridgehead atoms. The number of carbonyl (C=O) groups is 2. The van der Waals surface area contributed by atoms with E-state index in [4.69, 9.17) is 30.5 Å². The molecule has 0 atom stereocenters. The summed E-state index contributed by atoms with van der Waals surface area (Å²) in [4.78, 5) is 28.1. The molecule has 1 heterocycles. The molecule has 2 aromatic rings. The first-order valence-electron chi connectivity index (χ1n) is 9.44. The van der Waals surface area contributed by atoms with Crippen LogP contribution in [-0.2, 0) is 19.1 Å². The van der Waals surface area contributed by atoms with Crippen molar-refractivity contribution in [3.8, 4) is 11.5 Å². The Hall–Kier alpha value is -2.84. The third-order valence-electron chi connectivity index (χ3n) is 3.99. The van der Waals surface area contributed by atoms with Crippen molar-refractivity contribution in [1.29, 1.82) is 0 Å². The Morgan fingerprint density at radius 2 is 1.90 bits per heavy atom. The van der Waals surface area contributed by atoms with Crippen molar-refractivity contribution in [2.45, 2.75) is 13.8 Å². The number of benzene rings is 2. The van der Waals surface area contributed by atoms with E-state index < -0.39 is 11.9 Å². The van der Waals surface area contributed by atoms with Crippen LogP contribution in [0, 0.1) is 0 Å². The zero-order valence-electron chi connectivity index (χ0n) is 16.8. The Bertz CT molecular complexity index is 1050. The molecule has 0 aliphatic carbocycles. The highest BCUT2D eigenvalue weighted by atomic mass is 79.9. The number of aliphatic imine (C=N–C) groups is 1. The van der Waals surface area contributed by atoms with Crippen molar-refractivity contribution in [3.05, 3.63) is 62.7 Å². The summed E-state index contributed by atoms with van der Waals surface area (Å²) in [5, 5.41) is 0.213. The van der Waals surface area contributed by atoms with E-state index in [0.29, 0.717) is 23.5 Å². The molecule has 1 aliphatic rings. The average Bonchev–Trinajstić information content (AvgIpc) is 3.08. The maximum Gasteiger partial charge on any atom is 0.363 e. The van der Waals surface area contributed by atoms with Crippen molar-refractivity contribution in [2.75, 3.05) is 19.8 Å². The molecule has 0 amide bonds. The zero-order valence-corrected chi connectivity index (χ0v) is 19.2. The van der Waals surface area contributed by atoms with Crippen LogP contribution in [0.2, 0.25) is 5.02 Å². The van der Waals surface area contributed by atoms with Crippen molar-refractivity contribution in [1.82, 2.24) is 0 Å². The van der Waals surface area contributed by atoms with Gasteiger partial charge in [-0.2, -0.15) is 0 Å². The molecule has 0 saturated heterocycles. The Morgan fingerprint density at radius 1 is 1.16 bits per heavy atom. The fourth-order valence-electron chi connectivity index (χ4n) is 2.69. The molecular weight excluding hydrogens is 490 g/mol. The highest BCUT2D eigenvalue weighted by Gasteiger charge is 2.24. The second-order valence-corrected chi connectivity index (χ2v) is 7.52. The molecule has 7 nitrogen and oxygen atoms in total. The first-order valence-corrected chi connectivity index (χ1v) is 10.6. The molecule has 0 aromatic heterocycles. The van der Waals surface area contributed by atoms with E-state index in [1.165, 1.54) is 6.08 Å². The van der Waals surface area contributed by atoms with Gasteiger partial charge in [0.15, 0.2) is 23.8 Å². The average molecular weight is 509 g/mol. The number of hydrogen-bond donors (Lipinski definition) is 0. The van der Waals surface area contributed by atoms with E-state index in [2.05, 4.69) is 20.9 Å². The molecule has 31 heavy (non-hydrogen) atoms. The molecule has 9 heteroatoms. The van der Waals surface area contributed by atoms with Crippen molar-refractivity contribution in [3.63, 3.8) is 0 Å². The van der Waals surface area contributed by atoms with Gasteiger partial charge in [-0.3, -0.25) is 0 Å². The molecule has 0 spiro atoms. The summed E-state index contributed by atoms with van der Waals surface area (Å²) in [7, 11) is 0. The van der Waals surface area contributed by atoms with Gasteiger partial charge in [-0.1, -0.05) is 27.5 Å². The molecule has 1 aliphatic heterocycles. The summed E-state index contributed by atoms with van der Waals surface area (Å²) in [6.07, 6.45) is 1.54. The number of nitrogens with zero attached hydrogens (tertiary/aromatic N) is 1. The smallest absolute Gasteiger partial charge is 0.363 e. The zero-order chi connectivity index (χ0) is 22.4. The summed E-state index contributed by atoms with van der Waals surface area (Å²) in [5.74, 6) is -0.332. The Morgan fingerprint density at radius 3 is 2.58 bits per heavy atom. The van der Waals surface area contributed by atoms with Gasteiger partial charge in [0.2, 0.25) is 5.90 Å². The van der Waals surface area contributed by atoms with E-state index in [9.17, 15) is 9.59 Å². The van der Waals surface area contributed by atoms with Crippen LogP contribution in [0.5, 0.6) is 11.5 Å². The van der Waals surface area contributed by atoms with Crippen LogP contribution in [0.1, 0.15) is 25.0 Å². The predicted molar refractivity (Wildman–Crippen MR) is 119 cm³/mol. The lowest BCUT2D eigenvalue weighted by atomic mass is 10.1. The van der Waals surface area contributed by atoms with Crippen LogP contribution in [0.25, 0.3) is 6.08 Å². The van der Waals surface area contributed by atoms with Gasteiger partial charge in [0, 0.05) is 10.0 Å². The highest BCUT2D eigenvalue weighted by molar-refractivity contribution is 9.10. The van der Waals surface area contributed by atoms with E-state index in [0.717, 1.165) is 4.47 Å². The van der Waals surface area contributed by atoms with Gasteiger partial charge >= 0.3 is 11.9 Å². The van der Waals surface area contributed by atoms with Gasteiger partial charge in [-0.15, -0.1) is 0 Å². The van der Waals surface area contributed by atoms with E-state index in [1.807, 2.05) is 12.1 Å². The SMILES string of the molecule is CCOC(=O)COc1c(Cl)cc(/C=C2\N=C(c3ccc(Br)cc3)OC2=O)cc1OCC. The van der Waals surface area contributed by atoms with Crippen LogP contribution < -0.4 is 9.47 Å². The van der Waals surface area contributed by atoms with Gasteiger partial charge in [0.1, 0.15) is 0 Å². The van der Waals surface area contributed by atoms with E-state index in [1.54, 1.807) is 38.1 Å². The fourth-order valence-corrected chi connectivity index (χ4v) is 3.23. The predicted octanol–water partition coefficient (Wildman–Crippen LogP) is 4.79. The third kappa shape index (κ3) is 5.86. The van der Waals surface area contributed by atoms with Crippen LogP contribution in [-0.4, -0.2) is 37.7 Å². The monoisotopic (exact) mass is 507 g/mol. The summed E-state index contributed by atoms with van der Waals surface area (Å²) in [6.45, 7) is 3.80. The topological polar surface area (TPSA) is 83.4 Å². The Kier molecular flexibility index (Phi) is 7.70. The maximum atomic E-state index is 12.3. The molecule has 3 rings (SSSR count). The van der Waals surface area contributed by atoms with Crippen molar-refractivity contribution in [2.24, 2.45) is 4.99 Å². The normalized spacial score (nSPS) is 14.3. The maximum absolute atomic E-state index is 12.3. The van der Waals surface area contributed by atoms with Crippen molar-refractivity contribution < 1.29 is 28.5 Å². The number of rotatable bonds is 8. The lowest BCUT2D eigenvalue weighted by Crippen LogP contribution is -2.15. The van der Waals surface area contributed by atoms with Crippen LogP contribution in [0.3, 0.4) is 0 Å². The molecule has 0 fully saturated rings. The van der Waals surface area contributed by atoms with Gasteiger partial charge < -0.3 is 18.9 Å². The van der Waals surface area contributed by atoms with Gasteiger partial charge in [0.05, 0.1) is 18.2 Å². The second kappa shape index (κ2) is 10.5. The molecule has 0 N–H and O–H groups in total. The first kappa shape index (κ1) is 22.8. The number of carbonyl (C=O) groups excluding carboxylic acids is 2. The molecule has 0 saturated carbocycles.